The van der Waals surface area contributed by atoms with Gasteiger partial charge in [-0.05, 0) is 61.8 Å². The number of fused-ring (bicyclic) bond motifs is 1. The summed E-state index contributed by atoms with van der Waals surface area (Å²) in [7, 11) is 0. The lowest BCUT2D eigenvalue weighted by molar-refractivity contribution is 0.0270. The van der Waals surface area contributed by atoms with Gasteiger partial charge in [-0.15, -0.1) is 11.3 Å². The zero-order chi connectivity index (χ0) is 19.0. The van der Waals surface area contributed by atoms with Crippen molar-refractivity contribution in [1.29, 1.82) is 0 Å². The number of carbonyl (C=O) groups excluding carboxylic acids is 2. The molecule has 1 fully saturated rings. The quantitative estimate of drug-likeness (QED) is 0.714. The Balaban J connectivity index is 1.64. The number of halogens is 1. The maximum absolute atomic E-state index is 14.3. The summed E-state index contributed by atoms with van der Waals surface area (Å²) in [6.07, 6.45) is 4.09. The van der Waals surface area contributed by atoms with Crippen molar-refractivity contribution < 1.29 is 18.8 Å². The summed E-state index contributed by atoms with van der Waals surface area (Å²) in [5.41, 5.74) is 4.70. The van der Waals surface area contributed by atoms with E-state index in [1.165, 1.54) is 17.4 Å². The molecule has 0 bridgehead atoms. The average molecular weight is 388 g/mol. The average Bonchev–Trinajstić information content (AvgIpc) is 3.37. The number of carbonyl (C=O) groups is 2. The van der Waals surface area contributed by atoms with Gasteiger partial charge in [-0.1, -0.05) is 6.07 Å². The van der Waals surface area contributed by atoms with E-state index in [0.717, 1.165) is 24.0 Å². The predicted molar refractivity (Wildman–Crippen MR) is 102 cm³/mol. The highest BCUT2D eigenvalue weighted by molar-refractivity contribution is 7.18. The highest BCUT2D eigenvalue weighted by atomic mass is 32.1. The largest absolute Gasteiger partial charge is 0.344 e. The van der Waals surface area contributed by atoms with Crippen molar-refractivity contribution in [2.45, 2.75) is 39.0 Å². The molecule has 0 aliphatic heterocycles. The van der Waals surface area contributed by atoms with E-state index in [0.29, 0.717) is 47.2 Å². The molecule has 1 aromatic carbocycles. The van der Waals surface area contributed by atoms with Gasteiger partial charge in [0.2, 0.25) is 0 Å². The molecule has 2 aromatic rings. The molecule has 1 aromatic heterocycles. The van der Waals surface area contributed by atoms with Crippen molar-refractivity contribution in [3.8, 4) is 0 Å². The molecule has 1 saturated carbocycles. The van der Waals surface area contributed by atoms with Gasteiger partial charge in [0.1, 0.15) is 10.8 Å². The fraction of sp³-hybridized carbons (Fsp3) is 0.400. The second kappa shape index (κ2) is 7.40. The van der Waals surface area contributed by atoms with E-state index < -0.39 is 11.7 Å². The monoisotopic (exact) mass is 388 g/mol. The molecule has 0 radical (unpaired) electrons. The number of hydrogen-bond donors (Lipinski definition) is 2. The number of hydroxylamine groups is 1. The van der Waals surface area contributed by atoms with Crippen molar-refractivity contribution in [3.63, 3.8) is 0 Å². The minimum absolute atomic E-state index is 0.0339. The van der Waals surface area contributed by atoms with E-state index in [2.05, 4.69) is 10.8 Å². The number of hydrogen-bond acceptors (Lipinski definition) is 5. The van der Waals surface area contributed by atoms with Gasteiger partial charge in [0, 0.05) is 6.42 Å². The lowest BCUT2D eigenvalue weighted by atomic mass is 9.94. The number of thiophene rings is 1. The molecule has 5 nitrogen and oxygen atoms in total. The van der Waals surface area contributed by atoms with Crippen molar-refractivity contribution >= 4 is 33.7 Å². The number of nitrogens with one attached hydrogen (secondary N) is 2. The van der Waals surface area contributed by atoms with Crippen LogP contribution in [-0.4, -0.2) is 18.3 Å². The Bertz CT molecular complexity index is 905. The van der Waals surface area contributed by atoms with Crippen LogP contribution in [0, 0.1) is 18.7 Å². The first kappa shape index (κ1) is 18.1. The lowest BCUT2D eigenvalue weighted by Gasteiger charge is -2.13. The van der Waals surface area contributed by atoms with Crippen molar-refractivity contribution in [3.05, 3.63) is 45.6 Å². The van der Waals surface area contributed by atoms with Crippen LogP contribution in [0.15, 0.2) is 18.2 Å². The van der Waals surface area contributed by atoms with Crippen LogP contribution in [0.1, 0.15) is 56.8 Å². The molecule has 0 spiro atoms. The summed E-state index contributed by atoms with van der Waals surface area (Å²) < 4.78 is 14.3. The number of amides is 1. The molecule has 2 N–H and O–H groups in total. The van der Waals surface area contributed by atoms with E-state index >= 15 is 0 Å². The summed E-state index contributed by atoms with van der Waals surface area (Å²) in [6, 6.07) is 4.86. The molecule has 0 atom stereocenters. The zero-order valence-electron chi connectivity index (χ0n) is 15.1. The van der Waals surface area contributed by atoms with Crippen LogP contribution in [0.5, 0.6) is 0 Å². The first-order valence-corrected chi connectivity index (χ1v) is 9.98. The Morgan fingerprint density at radius 2 is 2.15 bits per heavy atom. The third-order valence-electron chi connectivity index (χ3n) is 4.87. The molecule has 27 heavy (non-hydrogen) atoms. The Kier molecular flexibility index (Phi) is 4.97. The Morgan fingerprint density at radius 3 is 2.89 bits per heavy atom. The van der Waals surface area contributed by atoms with Crippen LogP contribution in [0.2, 0.25) is 0 Å². The second-order valence-electron chi connectivity index (χ2n) is 7.18. The van der Waals surface area contributed by atoms with E-state index in [-0.39, 0.29) is 11.5 Å². The molecule has 0 saturated heterocycles. The molecule has 7 heteroatoms. The van der Waals surface area contributed by atoms with Crippen LogP contribution in [0.25, 0.3) is 0 Å². The van der Waals surface area contributed by atoms with Gasteiger partial charge >= 0.3 is 0 Å². The van der Waals surface area contributed by atoms with E-state index in [4.69, 9.17) is 4.84 Å². The van der Waals surface area contributed by atoms with Crippen LogP contribution in [0.4, 0.5) is 15.1 Å². The molecule has 0 unspecified atom stereocenters. The second-order valence-corrected chi connectivity index (χ2v) is 8.21. The number of Topliss-reactive ketones (excluding diaryl/α,β-unsaturated/α-hetero) is 1. The maximum atomic E-state index is 14.3. The fourth-order valence-electron chi connectivity index (χ4n) is 3.20. The van der Waals surface area contributed by atoms with Crippen molar-refractivity contribution in [2.75, 3.05) is 11.9 Å². The van der Waals surface area contributed by atoms with E-state index in [9.17, 15) is 14.0 Å². The first-order valence-electron chi connectivity index (χ1n) is 9.17. The van der Waals surface area contributed by atoms with Gasteiger partial charge in [-0.3, -0.25) is 14.4 Å². The van der Waals surface area contributed by atoms with Gasteiger partial charge in [0.05, 0.1) is 22.7 Å². The van der Waals surface area contributed by atoms with Crippen LogP contribution in [-0.2, 0) is 11.3 Å². The standard InChI is InChI=1S/C20H21FN2O3S/c1-11-5-8-15(14(21)9-11)22-20-17(19(25)23-26-10-12-6-7-12)13-3-2-4-16(24)18(13)27-20/h5,8-9,12,22H,2-4,6-7,10H2,1H3,(H,23,25). The van der Waals surface area contributed by atoms with Gasteiger partial charge < -0.3 is 5.32 Å². The third kappa shape index (κ3) is 3.89. The van der Waals surface area contributed by atoms with Crippen molar-refractivity contribution in [2.24, 2.45) is 5.92 Å². The molecule has 4 rings (SSSR count). The number of aryl methyl sites for hydroxylation is 1. The van der Waals surface area contributed by atoms with E-state index in [1.54, 1.807) is 12.1 Å². The predicted octanol–water partition coefficient (Wildman–Crippen LogP) is 4.53. The minimum atomic E-state index is -0.399. The van der Waals surface area contributed by atoms with Crippen LogP contribution < -0.4 is 10.8 Å². The molecule has 142 valence electrons. The zero-order valence-corrected chi connectivity index (χ0v) is 15.9. The van der Waals surface area contributed by atoms with Gasteiger partial charge in [0.15, 0.2) is 5.78 Å². The number of ketones is 1. The summed E-state index contributed by atoms with van der Waals surface area (Å²) in [6.45, 7) is 2.30. The molecule has 2 aliphatic rings. The smallest absolute Gasteiger partial charge is 0.278 e. The van der Waals surface area contributed by atoms with Gasteiger partial charge in [-0.2, -0.15) is 0 Å². The Morgan fingerprint density at radius 1 is 1.33 bits per heavy atom. The number of anilines is 2. The fourth-order valence-corrected chi connectivity index (χ4v) is 4.43. The summed E-state index contributed by atoms with van der Waals surface area (Å²) in [5, 5.41) is 3.49. The summed E-state index contributed by atoms with van der Waals surface area (Å²) >= 11 is 1.21. The normalized spacial score (nSPS) is 16.1. The topological polar surface area (TPSA) is 67.4 Å². The highest BCUT2D eigenvalue weighted by Gasteiger charge is 2.30. The molecule has 1 heterocycles. The van der Waals surface area contributed by atoms with Gasteiger partial charge in [-0.25, -0.2) is 9.87 Å². The third-order valence-corrected chi connectivity index (χ3v) is 6.06. The number of rotatable bonds is 6. The summed E-state index contributed by atoms with van der Waals surface area (Å²) in [5.74, 6) is -0.240. The Labute approximate surface area is 160 Å². The molecule has 2 aliphatic carbocycles. The van der Waals surface area contributed by atoms with Crippen LogP contribution >= 0.6 is 11.3 Å². The Hall–Kier alpha value is -2.25. The number of benzene rings is 1. The highest BCUT2D eigenvalue weighted by Crippen LogP contribution is 2.40. The molecular formula is C20H21FN2O3S. The summed E-state index contributed by atoms with van der Waals surface area (Å²) in [4.78, 5) is 31.0. The van der Waals surface area contributed by atoms with Crippen molar-refractivity contribution in [1.82, 2.24) is 5.48 Å². The molecular weight excluding hydrogens is 367 g/mol. The maximum Gasteiger partial charge on any atom is 0.278 e. The lowest BCUT2D eigenvalue weighted by Crippen LogP contribution is -2.26. The van der Waals surface area contributed by atoms with Crippen LogP contribution in [0.3, 0.4) is 0 Å². The van der Waals surface area contributed by atoms with Gasteiger partial charge in [0.25, 0.3) is 5.91 Å². The SMILES string of the molecule is Cc1ccc(Nc2sc3c(c2C(=O)NOCC2CC2)CCCC3=O)c(F)c1. The minimum Gasteiger partial charge on any atom is -0.344 e. The first-order chi connectivity index (χ1) is 13.0. The molecule has 1 amide bonds. The van der Waals surface area contributed by atoms with E-state index in [1.807, 2.05) is 6.92 Å².